The number of halogens is 2. The Morgan fingerprint density at radius 3 is 2.71 bits per heavy atom. The summed E-state index contributed by atoms with van der Waals surface area (Å²) < 4.78 is 39.6. The van der Waals surface area contributed by atoms with Crippen LogP contribution < -0.4 is 5.32 Å². The van der Waals surface area contributed by atoms with Crippen molar-refractivity contribution < 1.29 is 12.8 Å². The number of nitrogens with zero attached hydrogens (tertiary/aromatic N) is 1. The van der Waals surface area contributed by atoms with E-state index in [9.17, 15) is 12.8 Å². The van der Waals surface area contributed by atoms with E-state index in [4.69, 9.17) is 11.6 Å². The summed E-state index contributed by atoms with van der Waals surface area (Å²) in [7, 11) is -2.34. The molecule has 0 saturated heterocycles. The third-order valence-corrected chi connectivity index (χ3v) is 5.14. The highest BCUT2D eigenvalue weighted by Gasteiger charge is 2.22. The number of nitrogens with one attached hydrogen (secondary N) is 1. The molecular formula is C14H20ClFN2O2S. The number of rotatable bonds is 8. The summed E-state index contributed by atoms with van der Waals surface area (Å²) >= 11 is 5.90. The minimum absolute atomic E-state index is 0.0519. The molecule has 4 nitrogen and oxygen atoms in total. The Hall–Kier alpha value is -0.950. The van der Waals surface area contributed by atoms with Gasteiger partial charge in [0.15, 0.2) is 0 Å². The first kappa shape index (κ1) is 18.1. The van der Waals surface area contributed by atoms with Crippen molar-refractivity contribution in [3.8, 4) is 0 Å². The van der Waals surface area contributed by atoms with E-state index in [-0.39, 0.29) is 16.5 Å². The van der Waals surface area contributed by atoms with Crippen molar-refractivity contribution in [3.05, 3.63) is 41.2 Å². The maximum Gasteiger partial charge on any atom is 0.243 e. The van der Waals surface area contributed by atoms with Gasteiger partial charge in [0.05, 0.1) is 9.92 Å². The quantitative estimate of drug-likeness (QED) is 0.587. The van der Waals surface area contributed by atoms with Gasteiger partial charge in [0.25, 0.3) is 0 Å². The van der Waals surface area contributed by atoms with E-state index >= 15 is 0 Å². The lowest BCUT2D eigenvalue weighted by Gasteiger charge is -2.17. The smallest absolute Gasteiger partial charge is 0.243 e. The first-order valence-electron chi connectivity index (χ1n) is 6.60. The van der Waals surface area contributed by atoms with Crippen LogP contribution in [-0.2, 0) is 16.6 Å². The van der Waals surface area contributed by atoms with Crippen LogP contribution in [0.1, 0.15) is 18.9 Å². The van der Waals surface area contributed by atoms with E-state index in [2.05, 4.69) is 11.9 Å². The Labute approximate surface area is 130 Å². The van der Waals surface area contributed by atoms with Crippen molar-refractivity contribution in [2.45, 2.75) is 24.8 Å². The van der Waals surface area contributed by atoms with Crippen molar-refractivity contribution in [2.24, 2.45) is 0 Å². The Morgan fingerprint density at radius 1 is 1.48 bits per heavy atom. The van der Waals surface area contributed by atoms with E-state index < -0.39 is 15.8 Å². The van der Waals surface area contributed by atoms with Gasteiger partial charge in [-0.1, -0.05) is 24.6 Å². The number of benzene rings is 1. The highest BCUT2D eigenvalue weighted by Crippen LogP contribution is 2.26. The van der Waals surface area contributed by atoms with Crippen LogP contribution in [0.25, 0.3) is 0 Å². The lowest BCUT2D eigenvalue weighted by Crippen LogP contribution is -2.27. The second-order valence-corrected chi connectivity index (χ2v) is 7.05. The molecule has 0 radical (unpaired) electrons. The van der Waals surface area contributed by atoms with Gasteiger partial charge in [-0.2, -0.15) is 4.31 Å². The molecule has 0 amide bonds. The van der Waals surface area contributed by atoms with Crippen LogP contribution >= 0.6 is 11.6 Å². The summed E-state index contributed by atoms with van der Waals surface area (Å²) in [5.74, 6) is -0.738. The van der Waals surface area contributed by atoms with Gasteiger partial charge in [0.1, 0.15) is 5.82 Å². The van der Waals surface area contributed by atoms with Crippen LogP contribution in [0.4, 0.5) is 4.39 Å². The molecule has 0 aromatic heterocycles. The van der Waals surface area contributed by atoms with Crippen molar-refractivity contribution >= 4 is 21.6 Å². The lowest BCUT2D eigenvalue weighted by atomic mass is 10.2. The zero-order valence-corrected chi connectivity index (χ0v) is 13.8. The van der Waals surface area contributed by atoms with Crippen LogP contribution in [0, 0.1) is 5.82 Å². The van der Waals surface area contributed by atoms with Crippen molar-refractivity contribution in [3.63, 3.8) is 0 Å². The molecule has 0 unspecified atom stereocenters. The molecule has 0 aliphatic carbocycles. The molecule has 0 aliphatic heterocycles. The predicted octanol–water partition coefficient (Wildman–Crippen LogP) is 2.79. The first-order chi connectivity index (χ1) is 9.84. The average Bonchev–Trinajstić information content (AvgIpc) is 2.43. The average molecular weight is 335 g/mol. The third kappa shape index (κ3) is 4.51. The molecule has 1 rings (SSSR count). The van der Waals surface area contributed by atoms with Crippen LogP contribution in [0.3, 0.4) is 0 Å². The minimum Gasteiger partial charge on any atom is -0.313 e. The van der Waals surface area contributed by atoms with Crippen LogP contribution in [-0.4, -0.2) is 32.9 Å². The van der Waals surface area contributed by atoms with Crippen molar-refractivity contribution in [1.82, 2.24) is 9.62 Å². The largest absolute Gasteiger partial charge is 0.313 e. The van der Waals surface area contributed by atoms with Crippen LogP contribution in [0.5, 0.6) is 0 Å². The topological polar surface area (TPSA) is 49.4 Å². The zero-order chi connectivity index (χ0) is 16.0. The fourth-order valence-corrected chi connectivity index (χ4v) is 3.14. The molecule has 118 valence electrons. The molecule has 1 aromatic rings. The Balaban J connectivity index is 3.17. The van der Waals surface area contributed by atoms with Gasteiger partial charge in [-0.3, -0.25) is 0 Å². The number of hydrogen-bond acceptors (Lipinski definition) is 3. The zero-order valence-electron chi connectivity index (χ0n) is 12.2. The van der Waals surface area contributed by atoms with Gasteiger partial charge < -0.3 is 5.32 Å². The summed E-state index contributed by atoms with van der Waals surface area (Å²) in [6.45, 7) is 6.70. The summed E-state index contributed by atoms with van der Waals surface area (Å²) in [5.41, 5.74) is 0.427. The first-order valence-corrected chi connectivity index (χ1v) is 8.42. The number of sulfonamides is 1. The third-order valence-electron chi connectivity index (χ3n) is 2.91. The second-order valence-electron chi connectivity index (χ2n) is 4.63. The maximum absolute atomic E-state index is 13.9. The summed E-state index contributed by atoms with van der Waals surface area (Å²) in [6.07, 6.45) is 2.38. The van der Waals surface area contributed by atoms with E-state index in [0.717, 1.165) is 23.3 Å². The molecule has 0 spiro atoms. The Kier molecular flexibility index (Phi) is 6.80. The molecule has 0 saturated carbocycles. The van der Waals surface area contributed by atoms with Crippen LogP contribution in [0.2, 0.25) is 5.02 Å². The summed E-state index contributed by atoms with van der Waals surface area (Å²) in [6, 6.07) is 2.35. The molecule has 0 bridgehead atoms. The second kappa shape index (κ2) is 7.89. The standard InChI is InChI=1S/C14H20ClFN2O2S/c1-4-6-17-10-11-8-12(9-13(16)14(11)15)21(19,20)18(3)7-5-2/h5,8-9,17H,2,4,6-7,10H2,1,3H3. The fourth-order valence-electron chi connectivity index (χ4n) is 1.76. The highest BCUT2D eigenvalue weighted by molar-refractivity contribution is 7.89. The highest BCUT2D eigenvalue weighted by atomic mass is 35.5. The fraction of sp³-hybridized carbons (Fsp3) is 0.429. The van der Waals surface area contributed by atoms with E-state index in [0.29, 0.717) is 12.1 Å². The minimum atomic E-state index is -3.76. The number of hydrogen-bond donors (Lipinski definition) is 1. The van der Waals surface area contributed by atoms with E-state index in [1.807, 2.05) is 6.92 Å². The van der Waals surface area contributed by atoms with Gasteiger partial charge in [-0.15, -0.1) is 6.58 Å². The van der Waals surface area contributed by atoms with Crippen molar-refractivity contribution in [1.29, 1.82) is 0 Å². The van der Waals surface area contributed by atoms with Gasteiger partial charge in [0.2, 0.25) is 10.0 Å². The molecule has 7 heteroatoms. The predicted molar refractivity (Wildman–Crippen MR) is 83.4 cm³/mol. The molecule has 21 heavy (non-hydrogen) atoms. The normalized spacial score (nSPS) is 11.9. The molecule has 0 aliphatic rings. The summed E-state index contributed by atoms with van der Waals surface area (Å²) in [4.78, 5) is -0.109. The van der Waals surface area contributed by atoms with Crippen molar-refractivity contribution in [2.75, 3.05) is 20.1 Å². The monoisotopic (exact) mass is 334 g/mol. The van der Waals surface area contributed by atoms with Crippen LogP contribution in [0.15, 0.2) is 29.7 Å². The molecule has 1 N–H and O–H groups in total. The molecule has 0 fully saturated rings. The molecule has 0 heterocycles. The van der Waals surface area contributed by atoms with Gasteiger partial charge in [-0.05, 0) is 30.7 Å². The maximum atomic E-state index is 13.9. The van der Waals surface area contributed by atoms with Gasteiger partial charge in [0, 0.05) is 20.1 Å². The Bertz CT molecular complexity index is 605. The molecule has 1 aromatic carbocycles. The molecular weight excluding hydrogens is 315 g/mol. The van der Waals surface area contributed by atoms with E-state index in [1.165, 1.54) is 19.2 Å². The Morgan fingerprint density at radius 2 is 2.14 bits per heavy atom. The SMILES string of the molecule is C=CCN(C)S(=O)(=O)c1cc(F)c(Cl)c(CNCCC)c1. The van der Waals surface area contributed by atoms with E-state index in [1.54, 1.807) is 0 Å². The van der Waals surface area contributed by atoms with Gasteiger partial charge in [-0.25, -0.2) is 12.8 Å². The lowest BCUT2D eigenvalue weighted by molar-refractivity contribution is 0.498. The van der Waals surface area contributed by atoms with Gasteiger partial charge >= 0.3 is 0 Å². The number of likely N-dealkylation sites (N-methyl/N-ethyl adjacent to an activating group) is 1. The summed E-state index contributed by atoms with van der Waals surface area (Å²) in [5, 5.41) is 3.02. The molecule has 0 atom stereocenters.